The summed E-state index contributed by atoms with van der Waals surface area (Å²) in [6.45, 7) is -0.430. The molecular weight excluding hydrogens is 376 g/mol. The average molecular weight is 395 g/mol. The minimum atomic E-state index is -3.00. The van der Waals surface area contributed by atoms with E-state index in [0.717, 1.165) is 0 Å². The largest absolute Gasteiger partial charge is 0.490 e. The molecule has 2 rings (SSSR count). The Hall–Kier alpha value is -3.43. The summed E-state index contributed by atoms with van der Waals surface area (Å²) < 4.78 is 34.4. The highest BCUT2D eigenvalue weighted by Gasteiger charge is 2.14. The SMILES string of the molecule is CCOc1cc(C(=O)NCCNc2ccc([N+](=O)[O-])cc2)ccc1OC(F)F. The van der Waals surface area contributed by atoms with Crippen molar-refractivity contribution in [2.24, 2.45) is 0 Å². The van der Waals surface area contributed by atoms with E-state index < -0.39 is 17.4 Å². The molecule has 150 valence electrons. The van der Waals surface area contributed by atoms with Gasteiger partial charge in [-0.1, -0.05) is 0 Å². The van der Waals surface area contributed by atoms with Gasteiger partial charge in [-0.15, -0.1) is 0 Å². The van der Waals surface area contributed by atoms with Crippen LogP contribution < -0.4 is 20.1 Å². The molecule has 0 saturated heterocycles. The smallest absolute Gasteiger partial charge is 0.387 e. The molecule has 0 saturated carbocycles. The molecule has 0 aromatic heterocycles. The average Bonchev–Trinajstić information content (AvgIpc) is 2.66. The molecule has 10 heteroatoms. The number of hydrogen-bond donors (Lipinski definition) is 2. The number of benzene rings is 2. The van der Waals surface area contributed by atoms with Crippen LogP contribution in [0.15, 0.2) is 42.5 Å². The fraction of sp³-hybridized carbons (Fsp3) is 0.278. The summed E-state index contributed by atoms with van der Waals surface area (Å²) in [6, 6.07) is 9.82. The topological polar surface area (TPSA) is 103 Å². The summed E-state index contributed by atoms with van der Waals surface area (Å²) in [5.41, 5.74) is 0.899. The molecule has 0 bridgehead atoms. The zero-order chi connectivity index (χ0) is 20.5. The van der Waals surface area contributed by atoms with Crippen molar-refractivity contribution in [2.75, 3.05) is 25.0 Å². The van der Waals surface area contributed by atoms with E-state index in [1.54, 1.807) is 19.1 Å². The number of halogens is 2. The first-order valence-corrected chi connectivity index (χ1v) is 8.39. The third-order valence-electron chi connectivity index (χ3n) is 3.54. The summed E-state index contributed by atoms with van der Waals surface area (Å²) in [5, 5.41) is 16.3. The van der Waals surface area contributed by atoms with Crippen LogP contribution in [0.5, 0.6) is 11.5 Å². The summed E-state index contributed by atoms with van der Waals surface area (Å²) in [4.78, 5) is 22.3. The number of rotatable bonds is 10. The first-order valence-electron chi connectivity index (χ1n) is 8.39. The highest BCUT2D eigenvalue weighted by atomic mass is 19.3. The van der Waals surface area contributed by atoms with Crippen LogP contribution in [-0.2, 0) is 0 Å². The van der Waals surface area contributed by atoms with Gasteiger partial charge in [-0.25, -0.2) is 0 Å². The summed E-state index contributed by atoms with van der Waals surface area (Å²) in [6.07, 6.45) is 0. The van der Waals surface area contributed by atoms with Gasteiger partial charge in [0.05, 0.1) is 11.5 Å². The van der Waals surface area contributed by atoms with E-state index in [1.165, 1.54) is 30.3 Å². The summed E-state index contributed by atoms with van der Waals surface area (Å²) in [7, 11) is 0. The third kappa shape index (κ3) is 6.08. The molecule has 2 N–H and O–H groups in total. The summed E-state index contributed by atoms with van der Waals surface area (Å²) in [5.74, 6) is -0.497. The lowest BCUT2D eigenvalue weighted by atomic mass is 10.2. The van der Waals surface area contributed by atoms with Crippen LogP contribution >= 0.6 is 0 Å². The van der Waals surface area contributed by atoms with Gasteiger partial charge in [-0.3, -0.25) is 14.9 Å². The normalized spacial score (nSPS) is 10.4. The number of hydrogen-bond acceptors (Lipinski definition) is 6. The van der Waals surface area contributed by atoms with Gasteiger partial charge >= 0.3 is 6.61 Å². The monoisotopic (exact) mass is 395 g/mol. The number of carbonyl (C=O) groups excluding carboxylic acids is 1. The molecule has 0 aliphatic carbocycles. The molecule has 0 unspecified atom stereocenters. The lowest BCUT2D eigenvalue weighted by molar-refractivity contribution is -0.384. The Balaban J connectivity index is 1.88. The molecule has 0 fully saturated rings. The van der Waals surface area contributed by atoms with Crippen molar-refractivity contribution in [3.63, 3.8) is 0 Å². The van der Waals surface area contributed by atoms with Gasteiger partial charge in [0.25, 0.3) is 11.6 Å². The zero-order valence-electron chi connectivity index (χ0n) is 15.0. The quantitative estimate of drug-likeness (QED) is 0.363. The number of nitro benzene ring substituents is 1. The van der Waals surface area contributed by atoms with Crippen molar-refractivity contribution >= 4 is 17.3 Å². The second-order valence-corrected chi connectivity index (χ2v) is 5.46. The van der Waals surface area contributed by atoms with Crippen molar-refractivity contribution in [1.82, 2.24) is 5.32 Å². The Morgan fingerprint density at radius 3 is 2.46 bits per heavy atom. The number of alkyl halides is 2. The van der Waals surface area contributed by atoms with Gasteiger partial charge in [0.1, 0.15) is 0 Å². The maximum Gasteiger partial charge on any atom is 0.387 e. The van der Waals surface area contributed by atoms with Crippen molar-refractivity contribution in [3.05, 3.63) is 58.1 Å². The van der Waals surface area contributed by atoms with Crippen LogP contribution in [0.4, 0.5) is 20.2 Å². The van der Waals surface area contributed by atoms with Crippen LogP contribution in [0.1, 0.15) is 17.3 Å². The first kappa shape index (κ1) is 20.9. The number of anilines is 1. The third-order valence-corrected chi connectivity index (χ3v) is 3.54. The second kappa shape index (κ2) is 10.0. The van der Waals surface area contributed by atoms with E-state index >= 15 is 0 Å². The van der Waals surface area contributed by atoms with Crippen molar-refractivity contribution in [3.8, 4) is 11.5 Å². The molecule has 1 amide bonds. The zero-order valence-corrected chi connectivity index (χ0v) is 15.0. The van der Waals surface area contributed by atoms with E-state index in [-0.39, 0.29) is 35.9 Å². The highest BCUT2D eigenvalue weighted by molar-refractivity contribution is 5.94. The van der Waals surface area contributed by atoms with Gasteiger partial charge in [0, 0.05) is 36.5 Å². The molecule has 2 aromatic carbocycles. The lowest BCUT2D eigenvalue weighted by Gasteiger charge is -2.13. The first-order chi connectivity index (χ1) is 13.4. The van der Waals surface area contributed by atoms with E-state index in [0.29, 0.717) is 12.2 Å². The van der Waals surface area contributed by atoms with E-state index in [1.807, 2.05) is 0 Å². The molecule has 2 aromatic rings. The Labute approximate surface area is 159 Å². The second-order valence-electron chi connectivity index (χ2n) is 5.46. The molecule has 0 heterocycles. The maximum atomic E-state index is 12.4. The predicted molar refractivity (Wildman–Crippen MR) is 98.2 cm³/mol. The van der Waals surface area contributed by atoms with Crippen molar-refractivity contribution in [2.45, 2.75) is 13.5 Å². The van der Waals surface area contributed by atoms with Crippen molar-refractivity contribution < 1.29 is 28.0 Å². The van der Waals surface area contributed by atoms with E-state index in [4.69, 9.17) is 4.74 Å². The minimum absolute atomic E-state index is 0.0109. The Bertz CT molecular complexity index is 815. The standard InChI is InChI=1S/C18H19F2N3O5/c1-2-27-16-11-12(3-8-15(16)28-18(19)20)17(24)22-10-9-21-13-4-6-14(7-5-13)23(25)26/h3-8,11,18,21H,2,9-10H2,1H3,(H,22,24). The van der Waals surface area contributed by atoms with Gasteiger partial charge in [-0.2, -0.15) is 8.78 Å². The molecule has 8 nitrogen and oxygen atoms in total. The van der Waals surface area contributed by atoms with Crippen molar-refractivity contribution in [1.29, 1.82) is 0 Å². The number of nitrogens with one attached hydrogen (secondary N) is 2. The number of carbonyl (C=O) groups is 1. The van der Waals surface area contributed by atoms with E-state index in [2.05, 4.69) is 15.4 Å². The van der Waals surface area contributed by atoms with Crippen LogP contribution in [0.2, 0.25) is 0 Å². The molecule has 0 aliphatic heterocycles. The lowest BCUT2D eigenvalue weighted by Crippen LogP contribution is -2.28. The fourth-order valence-electron chi connectivity index (χ4n) is 2.30. The van der Waals surface area contributed by atoms with Crippen LogP contribution in [-0.4, -0.2) is 37.1 Å². The fourth-order valence-corrected chi connectivity index (χ4v) is 2.30. The Morgan fingerprint density at radius 1 is 1.14 bits per heavy atom. The molecule has 0 atom stereocenters. The maximum absolute atomic E-state index is 12.4. The van der Waals surface area contributed by atoms with Crippen LogP contribution in [0.25, 0.3) is 0 Å². The molecular formula is C18H19F2N3O5. The van der Waals surface area contributed by atoms with Crippen LogP contribution in [0, 0.1) is 10.1 Å². The molecule has 0 aliphatic rings. The van der Waals surface area contributed by atoms with Gasteiger partial charge < -0.3 is 20.1 Å². The van der Waals surface area contributed by atoms with Gasteiger partial charge in [0.2, 0.25) is 0 Å². The van der Waals surface area contributed by atoms with Crippen LogP contribution in [0.3, 0.4) is 0 Å². The molecule has 0 radical (unpaired) electrons. The Morgan fingerprint density at radius 2 is 1.86 bits per heavy atom. The highest BCUT2D eigenvalue weighted by Crippen LogP contribution is 2.29. The number of nitro groups is 1. The summed E-state index contributed by atoms with van der Waals surface area (Å²) >= 11 is 0. The predicted octanol–water partition coefficient (Wildman–Crippen LogP) is 3.44. The number of amides is 1. The molecule has 28 heavy (non-hydrogen) atoms. The molecule has 0 spiro atoms. The van der Waals surface area contributed by atoms with Gasteiger partial charge in [0.15, 0.2) is 11.5 Å². The minimum Gasteiger partial charge on any atom is -0.490 e. The van der Waals surface area contributed by atoms with E-state index in [9.17, 15) is 23.7 Å². The number of nitrogens with zero attached hydrogens (tertiary/aromatic N) is 1. The Kier molecular flexibility index (Phi) is 7.49. The number of non-ortho nitro benzene ring substituents is 1. The van der Waals surface area contributed by atoms with Gasteiger partial charge in [-0.05, 0) is 37.3 Å². The number of ether oxygens (including phenoxy) is 2.